The maximum absolute atomic E-state index is 11.7. The van der Waals surface area contributed by atoms with Crippen LogP contribution in [-0.4, -0.2) is 25.1 Å². The van der Waals surface area contributed by atoms with E-state index in [1.807, 2.05) is 24.3 Å². The highest BCUT2D eigenvalue weighted by atomic mass is 79.9. The molecule has 1 fully saturated rings. The van der Waals surface area contributed by atoms with E-state index in [1.165, 1.54) is 12.8 Å². The molecule has 0 aliphatic heterocycles. The lowest BCUT2D eigenvalue weighted by Crippen LogP contribution is -2.42. The molecule has 1 aliphatic rings. The number of nitrogens with two attached hydrogens (primary N) is 1. The molecule has 1 aliphatic carbocycles. The van der Waals surface area contributed by atoms with E-state index in [-0.39, 0.29) is 24.4 Å². The van der Waals surface area contributed by atoms with Gasteiger partial charge in [0.25, 0.3) is 0 Å². The summed E-state index contributed by atoms with van der Waals surface area (Å²) in [5, 5.41) is 2.97. The molecule has 1 aromatic rings. The Hall–Kier alpha value is -0.780. The van der Waals surface area contributed by atoms with E-state index in [0.717, 1.165) is 10.2 Å². The first kappa shape index (κ1) is 17.3. The van der Waals surface area contributed by atoms with Gasteiger partial charge in [0.15, 0.2) is 0 Å². The topological polar surface area (TPSA) is 64.3 Å². The second-order valence-electron chi connectivity index (χ2n) is 4.80. The molecule has 0 heterocycles. The van der Waals surface area contributed by atoms with Crippen molar-refractivity contribution in [3.63, 3.8) is 0 Å². The third kappa shape index (κ3) is 5.69. The average molecular weight is 364 g/mol. The van der Waals surface area contributed by atoms with Crippen molar-refractivity contribution in [3.05, 3.63) is 28.7 Å². The highest BCUT2D eigenvalue weighted by Gasteiger charge is 2.30. The van der Waals surface area contributed by atoms with E-state index in [2.05, 4.69) is 21.2 Å². The third-order valence-electron chi connectivity index (χ3n) is 3.19. The van der Waals surface area contributed by atoms with E-state index in [0.29, 0.717) is 25.5 Å². The van der Waals surface area contributed by atoms with Crippen LogP contribution in [-0.2, 0) is 4.79 Å². The first-order valence-electron chi connectivity index (χ1n) is 6.57. The summed E-state index contributed by atoms with van der Waals surface area (Å²) < 4.78 is 6.49. The highest BCUT2D eigenvalue weighted by Crippen LogP contribution is 2.32. The number of benzene rings is 1. The smallest absolute Gasteiger partial charge is 0.223 e. The van der Waals surface area contributed by atoms with Crippen LogP contribution in [0.25, 0.3) is 0 Å². The molecule has 0 saturated heterocycles. The van der Waals surface area contributed by atoms with Gasteiger partial charge in [-0.25, -0.2) is 0 Å². The fraction of sp³-hybridized carbons (Fsp3) is 0.500. The van der Waals surface area contributed by atoms with Gasteiger partial charge in [0, 0.05) is 17.1 Å². The van der Waals surface area contributed by atoms with E-state index in [4.69, 9.17) is 10.5 Å². The van der Waals surface area contributed by atoms with Crippen molar-refractivity contribution < 1.29 is 9.53 Å². The van der Waals surface area contributed by atoms with Crippen LogP contribution in [0.1, 0.15) is 19.3 Å². The molecule has 1 amide bonds. The van der Waals surface area contributed by atoms with Crippen molar-refractivity contribution in [1.29, 1.82) is 0 Å². The normalized spacial score (nSPS) is 15.1. The summed E-state index contributed by atoms with van der Waals surface area (Å²) in [5.74, 6) is 1.36. The number of hydrogen-bond acceptors (Lipinski definition) is 3. The largest absolute Gasteiger partial charge is 0.493 e. The van der Waals surface area contributed by atoms with Gasteiger partial charge in [0.2, 0.25) is 5.91 Å². The van der Waals surface area contributed by atoms with Crippen molar-refractivity contribution in [2.45, 2.75) is 25.3 Å². The zero-order valence-corrected chi connectivity index (χ0v) is 13.6. The lowest BCUT2D eigenvalue weighted by Gasteiger charge is -2.16. The Morgan fingerprint density at radius 2 is 2.25 bits per heavy atom. The molecular formula is C14H20BrClN2O2. The second kappa shape index (κ2) is 8.49. The summed E-state index contributed by atoms with van der Waals surface area (Å²) in [6.07, 6.45) is 2.71. The SMILES string of the molecule is Cl.NCC(NC(=O)CCOc1cccc(Br)c1)C1CC1. The summed E-state index contributed by atoms with van der Waals surface area (Å²) in [4.78, 5) is 11.7. The molecule has 1 saturated carbocycles. The van der Waals surface area contributed by atoms with E-state index >= 15 is 0 Å². The monoisotopic (exact) mass is 362 g/mol. The fourth-order valence-corrected chi connectivity index (χ4v) is 2.34. The van der Waals surface area contributed by atoms with Crippen LogP contribution in [0.2, 0.25) is 0 Å². The lowest BCUT2D eigenvalue weighted by molar-refractivity contribution is -0.122. The number of halogens is 2. The van der Waals surface area contributed by atoms with Gasteiger partial charge in [-0.2, -0.15) is 0 Å². The van der Waals surface area contributed by atoms with Crippen molar-refractivity contribution in [1.82, 2.24) is 5.32 Å². The van der Waals surface area contributed by atoms with Crippen LogP contribution in [0.4, 0.5) is 0 Å². The van der Waals surface area contributed by atoms with Crippen LogP contribution in [0, 0.1) is 5.92 Å². The van der Waals surface area contributed by atoms with Crippen molar-refractivity contribution in [3.8, 4) is 5.75 Å². The molecule has 1 unspecified atom stereocenters. The van der Waals surface area contributed by atoms with Crippen molar-refractivity contribution in [2.24, 2.45) is 11.7 Å². The van der Waals surface area contributed by atoms with Crippen LogP contribution < -0.4 is 15.8 Å². The zero-order chi connectivity index (χ0) is 13.7. The van der Waals surface area contributed by atoms with Gasteiger partial charge in [-0.05, 0) is 37.0 Å². The molecule has 6 heteroatoms. The number of rotatable bonds is 7. The Bertz CT molecular complexity index is 441. The molecule has 0 spiro atoms. The predicted molar refractivity (Wildman–Crippen MR) is 85.2 cm³/mol. The Kier molecular flexibility index (Phi) is 7.34. The van der Waals surface area contributed by atoms with Gasteiger partial charge in [0.1, 0.15) is 5.75 Å². The molecule has 20 heavy (non-hydrogen) atoms. The summed E-state index contributed by atoms with van der Waals surface area (Å²) in [6, 6.07) is 7.72. The van der Waals surface area contributed by atoms with Crippen molar-refractivity contribution >= 4 is 34.2 Å². The molecule has 2 rings (SSSR count). The number of carbonyl (C=O) groups excluding carboxylic acids is 1. The van der Waals surface area contributed by atoms with Crippen LogP contribution in [0.15, 0.2) is 28.7 Å². The molecule has 0 bridgehead atoms. The second-order valence-corrected chi connectivity index (χ2v) is 5.72. The van der Waals surface area contributed by atoms with E-state index in [9.17, 15) is 4.79 Å². The first-order valence-corrected chi connectivity index (χ1v) is 7.36. The summed E-state index contributed by atoms with van der Waals surface area (Å²) >= 11 is 3.37. The quantitative estimate of drug-likeness (QED) is 0.782. The van der Waals surface area contributed by atoms with Gasteiger partial charge in [-0.1, -0.05) is 22.0 Å². The fourth-order valence-electron chi connectivity index (χ4n) is 1.97. The molecule has 4 nitrogen and oxygen atoms in total. The predicted octanol–water partition coefficient (Wildman–Crippen LogP) is 2.49. The minimum Gasteiger partial charge on any atom is -0.493 e. The Balaban J connectivity index is 0.00000200. The minimum atomic E-state index is 0. The van der Waals surface area contributed by atoms with Crippen LogP contribution in [0.3, 0.4) is 0 Å². The first-order chi connectivity index (χ1) is 9.19. The third-order valence-corrected chi connectivity index (χ3v) is 3.68. The van der Waals surface area contributed by atoms with Gasteiger partial charge in [-0.3, -0.25) is 4.79 Å². The maximum Gasteiger partial charge on any atom is 0.223 e. The number of hydrogen-bond donors (Lipinski definition) is 2. The number of amides is 1. The molecule has 3 N–H and O–H groups in total. The van der Waals surface area contributed by atoms with Gasteiger partial charge in [-0.15, -0.1) is 12.4 Å². The molecule has 1 aromatic carbocycles. The minimum absolute atomic E-state index is 0. The zero-order valence-electron chi connectivity index (χ0n) is 11.2. The molecule has 112 valence electrons. The number of nitrogens with one attached hydrogen (secondary N) is 1. The Labute approximate surface area is 134 Å². The lowest BCUT2D eigenvalue weighted by atomic mass is 10.2. The molecular weight excluding hydrogens is 344 g/mol. The maximum atomic E-state index is 11.7. The standard InChI is InChI=1S/C14H19BrN2O2.ClH/c15-11-2-1-3-12(8-11)19-7-6-14(18)17-13(9-16)10-4-5-10;/h1-3,8,10,13H,4-7,9,16H2,(H,17,18);1H. The van der Waals surface area contributed by atoms with Gasteiger partial charge >= 0.3 is 0 Å². The molecule has 0 radical (unpaired) electrons. The van der Waals surface area contributed by atoms with E-state index < -0.39 is 0 Å². The van der Waals surface area contributed by atoms with Crippen molar-refractivity contribution in [2.75, 3.05) is 13.2 Å². The van der Waals surface area contributed by atoms with E-state index in [1.54, 1.807) is 0 Å². The number of ether oxygens (including phenoxy) is 1. The Morgan fingerprint density at radius 1 is 1.50 bits per heavy atom. The van der Waals surface area contributed by atoms with Crippen LogP contribution >= 0.6 is 28.3 Å². The van der Waals surface area contributed by atoms with Gasteiger partial charge < -0.3 is 15.8 Å². The summed E-state index contributed by atoms with van der Waals surface area (Å²) in [6.45, 7) is 0.896. The van der Waals surface area contributed by atoms with Crippen LogP contribution in [0.5, 0.6) is 5.75 Å². The van der Waals surface area contributed by atoms with Gasteiger partial charge in [0.05, 0.1) is 13.0 Å². The molecule has 0 aromatic heterocycles. The Morgan fingerprint density at radius 3 is 2.85 bits per heavy atom. The molecule has 1 atom stereocenters. The number of carbonyl (C=O) groups is 1. The summed E-state index contributed by atoms with van der Waals surface area (Å²) in [5.41, 5.74) is 5.65. The average Bonchev–Trinajstić information content (AvgIpc) is 3.20. The highest BCUT2D eigenvalue weighted by molar-refractivity contribution is 9.10. The summed E-state index contributed by atoms with van der Waals surface area (Å²) in [7, 11) is 0.